The Hall–Kier alpha value is -3.18. The molecule has 1 N–H and O–H groups in total. The van der Waals surface area contributed by atoms with Gasteiger partial charge in [0.1, 0.15) is 5.82 Å². The molecule has 30 heavy (non-hydrogen) atoms. The maximum absolute atomic E-state index is 13.5. The molecule has 0 fully saturated rings. The molecule has 2 amide bonds. The molecule has 0 spiro atoms. The van der Waals surface area contributed by atoms with E-state index < -0.39 is 5.82 Å². The number of hydrogen-bond acceptors (Lipinski definition) is 2. The number of nitrogens with zero attached hydrogens (tertiary/aromatic N) is 1. The van der Waals surface area contributed by atoms with Crippen LogP contribution < -0.4 is 10.2 Å². The predicted octanol–water partition coefficient (Wildman–Crippen LogP) is 5.52. The van der Waals surface area contributed by atoms with Crippen molar-refractivity contribution in [3.63, 3.8) is 0 Å². The van der Waals surface area contributed by atoms with Gasteiger partial charge in [-0.3, -0.25) is 9.59 Å². The molecule has 3 aromatic rings. The molecule has 0 radical (unpaired) electrons. The normalized spacial score (nSPS) is 13.2. The van der Waals surface area contributed by atoms with E-state index in [1.54, 1.807) is 36.1 Å². The van der Waals surface area contributed by atoms with Crippen LogP contribution in [0.2, 0.25) is 5.02 Å². The summed E-state index contributed by atoms with van der Waals surface area (Å²) in [6.07, 6.45) is 1.01. The second kappa shape index (κ2) is 8.28. The van der Waals surface area contributed by atoms with Crippen molar-refractivity contribution in [1.82, 2.24) is 0 Å². The molecule has 152 valence electrons. The van der Waals surface area contributed by atoms with Crippen molar-refractivity contribution in [2.45, 2.75) is 26.3 Å². The predicted molar refractivity (Wildman–Crippen MR) is 116 cm³/mol. The lowest BCUT2D eigenvalue weighted by molar-refractivity contribution is -0.119. The molecule has 4 nitrogen and oxygen atoms in total. The fraction of sp³-hybridized carbons (Fsp3) is 0.167. The molecular weight excluding hydrogens is 403 g/mol. The molecule has 0 unspecified atom stereocenters. The Labute approximate surface area is 179 Å². The Morgan fingerprint density at radius 3 is 2.60 bits per heavy atom. The lowest BCUT2D eigenvalue weighted by atomic mass is 9.99. The summed E-state index contributed by atoms with van der Waals surface area (Å²) in [4.78, 5) is 26.9. The number of benzene rings is 3. The molecule has 4 rings (SSSR count). The number of halogens is 2. The van der Waals surface area contributed by atoms with Crippen LogP contribution in [-0.4, -0.2) is 11.8 Å². The standard InChI is InChI=1S/C24H20ClFN2O2/c1-15-2-8-19(26)13-21(15)24(30)27-20-9-10-22-17(12-20)5-11-23(29)28(22)14-16-3-6-18(25)7-4-16/h2-4,6-10,12-13H,5,11,14H2,1H3,(H,27,30). The highest BCUT2D eigenvalue weighted by Gasteiger charge is 2.24. The lowest BCUT2D eigenvalue weighted by Gasteiger charge is -2.30. The summed E-state index contributed by atoms with van der Waals surface area (Å²) >= 11 is 5.95. The summed E-state index contributed by atoms with van der Waals surface area (Å²) in [5, 5.41) is 3.49. The second-order valence-corrected chi connectivity index (χ2v) is 7.80. The van der Waals surface area contributed by atoms with E-state index in [4.69, 9.17) is 11.6 Å². The molecule has 0 bridgehead atoms. The van der Waals surface area contributed by atoms with Gasteiger partial charge in [-0.1, -0.05) is 29.8 Å². The van der Waals surface area contributed by atoms with E-state index in [0.29, 0.717) is 41.2 Å². The summed E-state index contributed by atoms with van der Waals surface area (Å²) in [6, 6.07) is 17.0. The van der Waals surface area contributed by atoms with Gasteiger partial charge in [-0.05, 0) is 72.5 Å². The Balaban J connectivity index is 1.57. The van der Waals surface area contributed by atoms with Crippen molar-refractivity contribution in [2.24, 2.45) is 0 Å². The molecule has 6 heteroatoms. The largest absolute Gasteiger partial charge is 0.322 e. The van der Waals surface area contributed by atoms with Crippen molar-refractivity contribution < 1.29 is 14.0 Å². The van der Waals surface area contributed by atoms with Crippen molar-refractivity contribution in [3.8, 4) is 0 Å². The third-order valence-electron chi connectivity index (χ3n) is 5.24. The van der Waals surface area contributed by atoms with Gasteiger partial charge in [0.25, 0.3) is 5.91 Å². The highest BCUT2D eigenvalue weighted by molar-refractivity contribution is 6.30. The van der Waals surface area contributed by atoms with E-state index in [2.05, 4.69) is 5.32 Å². The third kappa shape index (κ3) is 4.21. The Bertz CT molecular complexity index is 1130. The van der Waals surface area contributed by atoms with Gasteiger partial charge in [0.2, 0.25) is 5.91 Å². The first kappa shape index (κ1) is 20.1. The average molecular weight is 423 g/mol. The second-order valence-electron chi connectivity index (χ2n) is 7.36. The van der Waals surface area contributed by atoms with Crippen LogP contribution in [0.5, 0.6) is 0 Å². The number of rotatable bonds is 4. The quantitative estimate of drug-likeness (QED) is 0.601. The van der Waals surface area contributed by atoms with Gasteiger partial charge in [-0.2, -0.15) is 0 Å². The summed E-state index contributed by atoms with van der Waals surface area (Å²) in [5.41, 5.74) is 4.42. The van der Waals surface area contributed by atoms with Gasteiger partial charge in [0, 0.05) is 28.4 Å². The van der Waals surface area contributed by atoms with Crippen LogP contribution in [0.15, 0.2) is 60.7 Å². The number of nitrogens with one attached hydrogen (secondary N) is 1. The minimum atomic E-state index is -0.451. The van der Waals surface area contributed by atoms with Crippen molar-refractivity contribution in [2.75, 3.05) is 10.2 Å². The van der Waals surface area contributed by atoms with E-state index in [1.165, 1.54) is 12.1 Å². The fourth-order valence-corrected chi connectivity index (χ4v) is 3.75. The fourth-order valence-electron chi connectivity index (χ4n) is 3.62. The number of carbonyl (C=O) groups excluding carboxylic acids is 2. The SMILES string of the molecule is Cc1ccc(F)cc1C(=O)Nc1ccc2c(c1)CCC(=O)N2Cc1ccc(Cl)cc1. The van der Waals surface area contributed by atoms with E-state index in [9.17, 15) is 14.0 Å². The van der Waals surface area contributed by atoms with Crippen molar-refractivity contribution in [1.29, 1.82) is 0 Å². The first-order valence-corrected chi connectivity index (χ1v) is 10.0. The molecule has 0 saturated carbocycles. The lowest BCUT2D eigenvalue weighted by Crippen LogP contribution is -2.34. The van der Waals surface area contributed by atoms with E-state index in [0.717, 1.165) is 16.8 Å². The zero-order valence-electron chi connectivity index (χ0n) is 16.4. The maximum Gasteiger partial charge on any atom is 0.256 e. The number of hydrogen-bond donors (Lipinski definition) is 1. The minimum Gasteiger partial charge on any atom is -0.322 e. The number of amides is 2. The van der Waals surface area contributed by atoms with Gasteiger partial charge in [0.05, 0.1) is 6.54 Å². The molecule has 1 heterocycles. The zero-order valence-corrected chi connectivity index (χ0v) is 17.2. The summed E-state index contributed by atoms with van der Waals surface area (Å²) in [6.45, 7) is 2.22. The van der Waals surface area contributed by atoms with Gasteiger partial charge in [-0.25, -0.2) is 4.39 Å². The highest BCUT2D eigenvalue weighted by Crippen LogP contribution is 2.32. The zero-order chi connectivity index (χ0) is 21.3. The van der Waals surface area contributed by atoms with Crippen LogP contribution in [0.4, 0.5) is 15.8 Å². The number of fused-ring (bicyclic) bond motifs is 1. The molecular formula is C24H20ClFN2O2. The third-order valence-corrected chi connectivity index (χ3v) is 5.49. The van der Waals surface area contributed by atoms with Crippen LogP contribution in [0.1, 0.15) is 33.5 Å². The summed E-state index contributed by atoms with van der Waals surface area (Å²) in [5.74, 6) is -0.756. The molecule has 1 aliphatic heterocycles. The monoisotopic (exact) mass is 422 g/mol. The van der Waals surface area contributed by atoms with E-state index >= 15 is 0 Å². The molecule has 0 saturated heterocycles. The first-order valence-electron chi connectivity index (χ1n) is 9.66. The maximum atomic E-state index is 13.5. The Kier molecular flexibility index (Phi) is 5.55. The summed E-state index contributed by atoms with van der Waals surface area (Å²) < 4.78 is 13.5. The van der Waals surface area contributed by atoms with E-state index in [1.807, 2.05) is 24.3 Å². The minimum absolute atomic E-state index is 0.0598. The smallest absolute Gasteiger partial charge is 0.256 e. The number of aryl methyl sites for hydroxylation is 2. The van der Waals surface area contributed by atoms with Gasteiger partial charge < -0.3 is 10.2 Å². The van der Waals surface area contributed by atoms with Gasteiger partial charge in [0.15, 0.2) is 0 Å². The Morgan fingerprint density at radius 2 is 1.83 bits per heavy atom. The highest BCUT2D eigenvalue weighted by atomic mass is 35.5. The number of anilines is 2. The summed E-state index contributed by atoms with van der Waals surface area (Å²) in [7, 11) is 0. The molecule has 0 atom stereocenters. The van der Waals surface area contributed by atoms with Crippen molar-refractivity contribution >= 4 is 34.8 Å². The molecule has 1 aliphatic rings. The topological polar surface area (TPSA) is 49.4 Å². The molecule has 0 aliphatic carbocycles. The van der Waals surface area contributed by atoms with Gasteiger partial charge in [-0.15, -0.1) is 0 Å². The number of carbonyl (C=O) groups is 2. The van der Waals surface area contributed by atoms with Crippen LogP contribution in [0, 0.1) is 12.7 Å². The molecule has 0 aromatic heterocycles. The molecule has 3 aromatic carbocycles. The Morgan fingerprint density at radius 1 is 1.07 bits per heavy atom. The van der Waals surface area contributed by atoms with Crippen LogP contribution in [-0.2, 0) is 17.8 Å². The van der Waals surface area contributed by atoms with Gasteiger partial charge >= 0.3 is 0 Å². The van der Waals surface area contributed by atoms with Crippen LogP contribution in [0.25, 0.3) is 0 Å². The van der Waals surface area contributed by atoms with Crippen LogP contribution >= 0.6 is 11.6 Å². The van der Waals surface area contributed by atoms with Crippen molar-refractivity contribution in [3.05, 3.63) is 93.8 Å². The van der Waals surface area contributed by atoms with E-state index in [-0.39, 0.29) is 11.8 Å². The van der Waals surface area contributed by atoms with Crippen LogP contribution in [0.3, 0.4) is 0 Å². The average Bonchev–Trinajstić information content (AvgIpc) is 2.73. The first-order chi connectivity index (χ1) is 14.4.